The number of H-pyrrole nitrogens is 1. The monoisotopic (exact) mass is 365 g/mol. The first kappa shape index (κ1) is 16.5. The molecule has 1 amide bonds. The van der Waals surface area contributed by atoms with Gasteiger partial charge in [-0.1, -0.05) is 6.07 Å². The predicted molar refractivity (Wildman–Crippen MR) is 108 cm³/mol. The molecule has 6 nitrogen and oxygen atoms in total. The number of aryl methyl sites for hydroxylation is 1. The topological polar surface area (TPSA) is 87.0 Å². The van der Waals surface area contributed by atoms with Gasteiger partial charge in [-0.15, -0.1) is 11.8 Å². The second-order valence-electron chi connectivity index (χ2n) is 6.14. The smallest absolute Gasteiger partial charge is 0.263 e. The number of benzene rings is 1. The first-order valence-electron chi connectivity index (χ1n) is 8.32. The minimum atomic E-state index is -0.124. The molecule has 7 heteroatoms. The fourth-order valence-electron chi connectivity index (χ4n) is 3.06. The lowest BCUT2D eigenvalue weighted by Crippen LogP contribution is -2.27. The lowest BCUT2D eigenvalue weighted by atomic mass is 10.2. The third-order valence-corrected chi connectivity index (χ3v) is 5.28. The summed E-state index contributed by atoms with van der Waals surface area (Å²) in [5.74, 6) is 0.713. The first-order chi connectivity index (χ1) is 12.6. The molecule has 26 heavy (non-hydrogen) atoms. The van der Waals surface area contributed by atoms with Crippen molar-refractivity contribution < 1.29 is 4.79 Å². The van der Waals surface area contributed by atoms with Crippen molar-refractivity contribution in [3.05, 3.63) is 59.4 Å². The zero-order valence-electron chi connectivity index (χ0n) is 14.3. The standard InChI is InChI=1S/C19H19N5OS/c1-12-10-22-18-17(12)15(5-6-21-18)24-7-8-26-16(11-24)19(25)23-14-4-2-3-13(20)9-14/h2-6,9-11H,7-8,20H2,1H3,(H,21,22)(H,23,25). The molecule has 0 aliphatic carbocycles. The van der Waals surface area contributed by atoms with Gasteiger partial charge in [0.1, 0.15) is 5.65 Å². The van der Waals surface area contributed by atoms with Gasteiger partial charge in [0.2, 0.25) is 0 Å². The number of nitrogens with two attached hydrogens (primary N) is 1. The highest BCUT2D eigenvalue weighted by molar-refractivity contribution is 8.04. The van der Waals surface area contributed by atoms with Gasteiger partial charge in [-0.2, -0.15) is 0 Å². The number of fused-ring (bicyclic) bond motifs is 1. The molecule has 0 saturated heterocycles. The SMILES string of the molecule is Cc1c[nH]c2nccc(N3C=C(C(=O)Nc4cccc(N)c4)SCC3)c12. The van der Waals surface area contributed by atoms with Crippen LogP contribution in [0.15, 0.2) is 53.8 Å². The van der Waals surface area contributed by atoms with Gasteiger partial charge in [0.05, 0.1) is 10.6 Å². The highest BCUT2D eigenvalue weighted by Gasteiger charge is 2.20. The Hall–Kier alpha value is -2.93. The van der Waals surface area contributed by atoms with Crippen molar-refractivity contribution >= 4 is 45.8 Å². The Labute approximate surface area is 155 Å². The lowest BCUT2D eigenvalue weighted by molar-refractivity contribution is -0.112. The number of rotatable bonds is 3. The van der Waals surface area contributed by atoms with Crippen LogP contribution in [0, 0.1) is 6.92 Å². The minimum Gasteiger partial charge on any atom is -0.399 e. The molecule has 1 aromatic carbocycles. The number of anilines is 3. The van der Waals surface area contributed by atoms with Gasteiger partial charge < -0.3 is 20.9 Å². The summed E-state index contributed by atoms with van der Waals surface area (Å²) in [6.45, 7) is 2.89. The van der Waals surface area contributed by atoms with E-state index in [0.29, 0.717) is 16.3 Å². The number of carbonyl (C=O) groups excluding carboxylic acids is 1. The van der Waals surface area contributed by atoms with Crippen LogP contribution < -0.4 is 16.0 Å². The van der Waals surface area contributed by atoms with Gasteiger partial charge in [-0.25, -0.2) is 4.98 Å². The van der Waals surface area contributed by atoms with Crippen molar-refractivity contribution in [1.29, 1.82) is 0 Å². The van der Waals surface area contributed by atoms with Crippen LogP contribution in [0.2, 0.25) is 0 Å². The van der Waals surface area contributed by atoms with Crippen LogP contribution in [0.25, 0.3) is 11.0 Å². The molecular weight excluding hydrogens is 346 g/mol. The normalized spacial score (nSPS) is 14.3. The Kier molecular flexibility index (Phi) is 4.30. The molecule has 1 aliphatic rings. The van der Waals surface area contributed by atoms with Gasteiger partial charge in [-0.3, -0.25) is 4.79 Å². The molecular formula is C19H19N5OS. The number of hydrogen-bond donors (Lipinski definition) is 3. The number of nitrogens with one attached hydrogen (secondary N) is 2. The summed E-state index contributed by atoms with van der Waals surface area (Å²) in [5.41, 5.74) is 10.2. The Morgan fingerprint density at radius 3 is 3.12 bits per heavy atom. The number of carbonyl (C=O) groups is 1. The van der Waals surface area contributed by atoms with Crippen LogP contribution in [-0.4, -0.2) is 28.2 Å². The van der Waals surface area contributed by atoms with Gasteiger partial charge in [-0.05, 0) is 36.8 Å². The molecule has 0 fully saturated rings. The van der Waals surface area contributed by atoms with Crippen molar-refractivity contribution in [3.63, 3.8) is 0 Å². The fraction of sp³-hybridized carbons (Fsp3) is 0.158. The van der Waals surface area contributed by atoms with Gasteiger partial charge in [0, 0.05) is 47.7 Å². The summed E-state index contributed by atoms with van der Waals surface area (Å²) < 4.78 is 0. The van der Waals surface area contributed by atoms with E-state index in [1.54, 1.807) is 30.1 Å². The predicted octanol–water partition coefficient (Wildman–Crippen LogP) is 3.49. The fourth-order valence-corrected chi connectivity index (χ4v) is 3.95. The molecule has 0 bridgehead atoms. The second-order valence-corrected chi connectivity index (χ2v) is 7.28. The Morgan fingerprint density at radius 2 is 2.27 bits per heavy atom. The van der Waals surface area contributed by atoms with E-state index in [-0.39, 0.29) is 5.91 Å². The Balaban J connectivity index is 1.63. The molecule has 4 rings (SSSR count). The Morgan fingerprint density at radius 1 is 1.38 bits per heavy atom. The molecule has 3 heterocycles. The quantitative estimate of drug-likeness (QED) is 0.619. The number of thioether (sulfide) groups is 1. The largest absolute Gasteiger partial charge is 0.399 e. The van der Waals surface area contributed by atoms with E-state index in [2.05, 4.69) is 27.1 Å². The summed E-state index contributed by atoms with van der Waals surface area (Å²) in [5, 5.41) is 4.00. The van der Waals surface area contributed by atoms with Gasteiger partial charge in [0.15, 0.2) is 0 Å². The Bertz CT molecular complexity index is 1010. The van der Waals surface area contributed by atoms with Crippen LogP contribution in [0.3, 0.4) is 0 Å². The summed E-state index contributed by atoms with van der Waals surface area (Å²) in [7, 11) is 0. The molecule has 132 valence electrons. The molecule has 2 aromatic heterocycles. The molecule has 0 unspecified atom stereocenters. The third-order valence-electron chi connectivity index (χ3n) is 4.29. The van der Waals surface area contributed by atoms with E-state index in [1.165, 1.54) is 0 Å². The molecule has 0 saturated carbocycles. The van der Waals surface area contributed by atoms with Crippen LogP contribution in [0.5, 0.6) is 0 Å². The third kappa shape index (κ3) is 3.13. The zero-order chi connectivity index (χ0) is 18.1. The maximum atomic E-state index is 12.6. The van der Waals surface area contributed by atoms with E-state index < -0.39 is 0 Å². The van der Waals surface area contributed by atoms with Crippen molar-refractivity contribution in [1.82, 2.24) is 9.97 Å². The van der Waals surface area contributed by atoms with E-state index in [1.807, 2.05) is 30.6 Å². The van der Waals surface area contributed by atoms with Crippen LogP contribution in [-0.2, 0) is 4.79 Å². The highest BCUT2D eigenvalue weighted by atomic mass is 32.2. The number of pyridine rings is 1. The van der Waals surface area contributed by atoms with Gasteiger partial charge in [0.25, 0.3) is 5.91 Å². The average molecular weight is 365 g/mol. The van der Waals surface area contributed by atoms with E-state index in [9.17, 15) is 4.79 Å². The van der Waals surface area contributed by atoms with E-state index in [4.69, 9.17) is 5.73 Å². The summed E-state index contributed by atoms with van der Waals surface area (Å²) >= 11 is 1.56. The number of aromatic amines is 1. The minimum absolute atomic E-state index is 0.124. The maximum Gasteiger partial charge on any atom is 0.263 e. The number of hydrogen-bond acceptors (Lipinski definition) is 5. The molecule has 3 aromatic rings. The van der Waals surface area contributed by atoms with E-state index >= 15 is 0 Å². The number of aromatic nitrogens is 2. The van der Waals surface area contributed by atoms with Crippen molar-refractivity contribution in [2.24, 2.45) is 0 Å². The molecule has 0 spiro atoms. The highest BCUT2D eigenvalue weighted by Crippen LogP contribution is 2.32. The molecule has 0 radical (unpaired) electrons. The molecule has 4 N–H and O–H groups in total. The zero-order valence-corrected chi connectivity index (χ0v) is 15.1. The number of amides is 1. The second kappa shape index (κ2) is 6.76. The summed E-state index contributed by atoms with van der Waals surface area (Å²) in [6.07, 6.45) is 5.66. The molecule has 0 atom stereocenters. The summed E-state index contributed by atoms with van der Waals surface area (Å²) in [4.78, 5) is 23.0. The van der Waals surface area contributed by atoms with E-state index in [0.717, 1.165) is 34.6 Å². The maximum absolute atomic E-state index is 12.6. The van der Waals surface area contributed by atoms with Crippen molar-refractivity contribution in [2.45, 2.75) is 6.92 Å². The van der Waals surface area contributed by atoms with Crippen molar-refractivity contribution in [3.8, 4) is 0 Å². The van der Waals surface area contributed by atoms with Crippen LogP contribution >= 0.6 is 11.8 Å². The van der Waals surface area contributed by atoms with Crippen molar-refractivity contribution in [2.75, 3.05) is 28.2 Å². The number of nitrogen functional groups attached to an aromatic ring is 1. The van der Waals surface area contributed by atoms with Gasteiger partial charge >= 0.3 is 0 Å². The lowest BCUT2D eigenvalue weighted by Gasteiger charge is -2.26. The summed E-state index contributed by atoms with van der Waals surface area (Å²) in [6, 6.07) is 9.18. The number of nitrogens with zero attached hydrogens (tertiary/aromatic N) is 2. The first-order valence-corrected chi connectivity index (χ1v) is 9.31. The van der Waals surface area contributed by atoms with Crippen LogP contribution in [0.1, 0.15) is 5.56 Å². The molecule has 1 aliphatic heterocycles. The average Bonchev–Trinajstić information content (AvgIpc) is 3.03. The van der Waals surface area contributed by atoms with Crippen LogP contribution in [0.4, 0.5) is 17.1 Å².